The van der Waals surface area contributed by atoms with Crippen LogP contribution in [0.25, 0.3) is 22.2 Å². The van der Waals surface area contributed by atoms with Crippen LogP contribution in [0.15, 0.2) is 30.5 Å². The van der Waals surface area contributed by atoms with Gasteiger partial charge in [-0.15, -0.1) is 0 Å². The van der Waals surface area contributed by atoms with Gasteiger partial charge in [-0.2, -0.15) is 9.97 Å². The van der Waals surface area contributed by atoms with Gasteiger partial charge in [0.15, 0.2) is 5.82 Å². The van der Waals surface area contributed by atoms with Gasteiger partial charge in [-0.25, -0.2) is 9.18 Å². The van der Waals surface area contributed by atoms with E-state index < -0.39 is 11.4 Å². The van der Waals surface area contributed by atoms with E-state index in [-0.39, 0.29) is 40.7 Å². The Labute approximate surface area is 270 Å². The van der Waals surface area contributed by atoms with Gasteiger partial charge in [0.2, 0.25) is 0 Å². The number of hydrogen-bond donors (Lipinski definition) is 0. The largest absolute Gasteiger partial charge is 0.461 e. The molecule has 0 N–H and O–H groups in total. The molecular weight excluding hydrogens is 583 g/mol. The fraction of sp³-hybridized carbons (Fsp3) is 0.611. The Morgan fingerprint density at radius 1 is 1.02 bits per heavy atom. The summed E-state index contributed by atoms with van der Waals surface area (Å²) < 4.78 is 29.0. The highest BCUT2D eigenvalue weighted by molar-refractivity contribution is 5.92. The minimum absolute atomic E-state index is 0.0111. The van der Waals surface area contributed by atoms with Crippen molar-refractivity contribution in [3.8, 4) is 17.3 Å². The van der Waals surface area contributed by atoms with Crippen molar-refractivity contribution in [3.05, 3.63) is 41.8 Å². The maximum atomic E-state index is 16.8. The van der Waals surface area contributed by atoms with Crippen LogP contribution in [-0.2, 0) is 10.2 Å². The van der Waals surface area contributed by atoms with Crippen molar-refractivity contribution in [1.29, 1.82) is 0 Å². The number of rotatable bonds is 6. The number of pyridine rings is 1. The molecular formula is C36H45FN6O3. The summed E-state index contributed by atoms with van der Waals surface area (Å²) in [5, 5.41) is 0.565. The lowest BCUT2D eigenvalue weighted by Crippen LogP contribution is -2.57. The van der Waals surface area contributed by atoms with E-state index in [1.165, 1.54) is 12.8 Å². The Balaban J connectivity index is 1.18. The molecule has 0 spiro atoms. The standard InChI is InChI=1S/C36H45FN6O3/c1-34(2,3)46-33(44)43-23-11-12-24(43)21-41(20-23)31-26-19-38-29(25-9-5-6-10-27(25)35(4)15-16-35)28(37)30(26)39-32(40-31)45-22-36-13-7-17-42(36)18-8-14-36/h5-6,9-10,19,23-24H,7-8,11-18,20-22H2,1-4H3. The van der Waals surface area contributed by atoms with Crippen molar-refractivity contribution in [3.63, 3.8) is 0 Å². The molecule has 9 nitrogen and oxygen atoms in total. The molecule has 6 heterocycles. The Morgan fingerprint density at radius 3 is 2.39 bits per heavy atom. The first-order chi connectivity index (χ1) is 22.0. The normalized spacial score (nSPS) is 24.8. The molecule has 2 aromatic heterocycles. The zero-order valence-corrected chi connectivity index (χ0v) is 27.5. The van der Waals surface area contributed by atoms with Gasteiger partial charge in [0.1, 0.15) is 29.2 Å². The van der Waals surface area contributed by atoms with Gasteiger partial charge >= 0.3 is 12.1 Å². The Kier molecular flexibility index (Phi) is 6.98. The number of ether oxygens (including phenoxy) is 2. The molecule has 244 valence electrons. The summed E-state index contributed by atoms with van der Waals surface area (Å²) in [4.78, 5) is 34.3. The number of fused-ring (bicyclic) bond motifs is 4. The molecule has 8 rings (SSSR count). The molecule has 46 heavy (non-hydrogen) atoms. The van der Waals surface area contributed by atoms with Crippen molar-refractivity contribution < 1.29 is 18.7 Å². The number of carbonyl (C=O) groups is 1. The number of carbonyl (C=O) groups excluding carboxylic acids is 1. The van der Waals surface area contributed by atoms with Crippen molar-refractivity contribution in [2.45, 2.75) is 108 Å². The van der Waals surface area contributed by atoms with Crippen molar-refractivity contribution >= 4 is 22.8 Å². The van der Waals surface area contributed by atoms with Gasteiger partial charge < -0.3 is 14.4 Å². The number of benzene rings is 1. The molecule has 3 aromatic rings. The van der Waals surface area contributed by atoms with Crippen LogP contribution in [-0.4, -0.2) is 86.9 Å². The van der Waals surface area contributed by atoms with Crippen molar-refractivity contribution in [2.75, 3.05) is 37.7 Å². The monoisotopic (exact) mass is 628 g/mol. The Morgan fingerprint density at radius 2 is 1.72 bits per heavy atom. The second-order valence-electron chi connectivity index (χ2n) is 15.5. The fourth-order valence-electron chi connectivity index (χ4n) is 8.54. The maximum Gasteiger partial charge on any atom is 0.410 e. The van der Waals surface area contributed by atoms with Crippen molar-refractivity contribution in [1.82, 2.24) is 24.8 Å². The average Bonchev–Trinajstić information content (AvgIpc) is 3.32. The molecule has 5 fully saturated rings. The zero-order chi connectivity index (χ0) is 31.8. The van der Waals surface area contributed by atoms with Crippen molar-refractivity contribution in [2.24, 2.45) is 0 Å². The lowest BCUT2D eigenvalue weighted by Gasteiger charge is -2.42. The topological polar surface area (TPSA) is 83.9 Å². The van der Waals surface area contributed by atoms with Crippen LogP contribution in [0.5, 0.6) is 6.01 Å². The highest BCUT2D eigenvalue weighted by Gasteiger charge is 2.47. The van der Waals surface area contributed by atoms with Gasteiger partial charge in [0.25, 0.3) is 0 Å². The first kappa shape index (κ1) is 29.8. The lowest BCUT2D eigenvalue weighted by molar-refractivity contribution is 0.0122. The van der Waals surface area contributed by atoms with E-state index in [4.69, 9.17) is 24.4 Å². The molecule has 2 unspecified atom stereocenters. The average molecular weight is 629 g/mol. The fourth-order valence-corrected chi connectivity index (χ4v) is 8.54. The SMILES string of the molecule is CC(C)(C)OC(=O)N1C2CCC1CN(c1nc(OCC34CCCN3CCC4)nc3c(F)c(-c4ccccc4C4(C)CC4)ncc13)C2. The summed E-state index contributed by atoms with van der Waals surface area (Å²) in [6.07, 6.45) is 9.93. The molecule has 1 saturated carbocycles. The van der Waals surface area contributed by atoms with E-state index in [9.17, 15) is 4.79 Å². The van der Waals surface area contributed by atoms with Gasteiger partial charge in [-0.3, -0.25) is 14.8 Å². The summed E-state index contributed by atoms with van der Waals surface area (Å²) >= 11 is 0. The number of piperazine rings is 1. The zero-order valence-electron chi connectivity index (χ0n) is 27.5. The van der Waals surface area contributed by atoms with E-state index >= 15 is 4.39 Å². The van der Waals surface area contributed by atoms with E-state index in [0.29, 0.717) is 36.6 Å². The molecule has 1 aromatic carbocycles. The minimum atomic E-state index is -0.563. The number of nitrogens with zero attached hydrogens (tertiary/aromatic N) is 6. The first-order valence-electron chi connectivity index (χ1n) is 17.1. The van der Waals surface area contributed by atoms with E-state index in [0.717, 1.165) is 62.7 Å². The minimum Gasteiger partial charge on any atom is -0.461 e. The molecule has 2 bridgehead atoms. The van der Waals surface area contributed by atoms with Crippen LogP contribution in [0.4, 0.5) is 15.0 Å². The van der Waals surface area contributed by atoms with Crippen LogP contribution in [0.2, 0.25) is 0 Å². The third-order valence-corrected chi connectivity index (χ3v) is 11.1. The summed E-state index contributed by atoms with van der Waals surface area (Å²) in [7, 11) is 0. The number of amides is 1. The molecule has 10 heteroatoms. The van der Waals surface area contributed by atoms with Gasteiger partial charge in [0, 0.05) is 24.8 Å². The van der Waals surface area contributed by atoms with Crippen LogP contribution in [0.1, 0.15) is 84.6 Å². The molecule has 5 aliphatic rings. The number of aromatic nitrogens is 3. The summed E-state index contributed by atoms with van der Waals surface area (Å²) in [6, 6.07) is 8.21. The second-order valence-corrected chi connectivity index (χ2v) is 15.5. The van der Waals surface area contributed by atoms with Crippen LogP contribution in [0, 0.1) is 5.82 Å². The predicted octanol–water partition coefficient (Wildman–Crippen LogP) is 6.48. The molecule has 4 saturated heterocycles. The number of anilines is 1. The number of hydrogen-bond acceptors (Lipinski definition) is 8. The third kappa shape index (κ3) is 5.07. The summed E-state index contributed by atoms with van der Waals surface area (Å²) in [5.41, 5.74) is 1.99. The molecule has 1 amide bonds. The molecule has 1 aliphatic carbocycles. The molecule has 0 radical (unpaired) electrons. The van der Waals surface area contributed by atoms with Crippen LogP contribution < -0.4 is 9.64 Å². The van der Waals surface area contributed by atoms with Crippen LogP contribution in [0.3, 0.4) is 0 Å². The number of halogens is 1. The smallest absolute Gasteiger partial charge is 0.410 e. The highest BCUT2D eigenvalue weighted by Crippen LogP contribution is 2.51. The van der Waals surface area contributed by atoms with E-state index in [1.807, 2.05) is 43.9 Å². The van der Waals surface area contributed by atoms with Gasteiger partial charge in [-0.1, -0.05) is 31.2 Å². The first-order valence-corrected chi connectivity index (χ1v) is 17.1. The third-order valence-electron chi connectivity index (χ3n) is 11.1. The van der Waals surface area contributed by atoms with Gasteiger partial charge in [-0.05, 0) is 96.2 Å². The predicted molar refractivity (Wildman–Crippen MR) is 175 cm³/mol. The molecule has 2 atom stereocenters. The Hall–Kier alpha value is -3.53. The summed E-state index contributed by atoms with van der Waals surface area (Å²) in [6.45, 7) is 11.8. The lowest BCUT2D eigenvalue weighted by atomic mass is 9.91. The molecule has 4 aliphatic heterocycles. The van der Waals surface area contributed by atoms with E-state index in [1.54, 1.807) is 6.20 Å². The summed E-state index contributed by atoms with van der Waals surface area (Å²) in [5.74, 6) is 0.174. The maximum absolute atomic E-state index is 16.8. The van der Waals surface area contributed by atoms with E-state index in [2.05, 4.69) is 22.8 Å². The highest BCUT2D eigenvalue weighted by atomic mass is 19.1. The van der Waals surface area contributed by atoms with Crippen LogP contribution >= 0.6 is 0 Å². The Bertz CT molecular complexity index is 1660. The quantitative estimate of drug-likeness (QED) is 0.307. The van der Waals surface area contributed by atoms with Gasteiger partial charge in [0.05, 0.1) is 23.0 Å². The second kappa shape index (κ2) is 10.8.